The van der Waals surface area contributed by atoms with Crippen molar-refractivity contribution in [3.05, 3.63) is 72.4 Å². The Labute approximate surface area is 393 Å². The minimum Gasteiger partial charge on any atom is -0.453 e. The van der Waals surface area contributed by atoms with E-state index in [-0.39, 0.29) is 109 Å². The SMILES string of the molecule is COC(=O)N[C@H](C(=O)N1C[C@@]2(CCOC2)C[C@H]1c1nc2c(ccc3cc(-c4ccc(-c5cnc([C@@H]6CCCN6C(=O)[C@@H](C)C(C)C)[nH]5)cc4)ccc32)[nH]1)C(C)C.S.S.S.S.S. The summed E-state index contributed by atoms with van der Waals surface area (Å²) in [6.45, 7) is 12.7. The molecule has 0 aliphatic carbocycles. The summed E-state index contributed by atoms with van der Waals surface area (Å²) in [5.74, 6) is 1.80. The van der Waals surface area contributed by atoms with Gasteiger partial charge in [0, 0.05) is 36.4 Å². The van der Waals surface area contributed by atoms with E-state index < -0.39 is 12.1 Å². The number of aromatic nitrogens is 4. The van der Waals surface area contributed by atoms with Crippen molar-refractivity contribution in [2.24, 2.45) is 23.2 Å². The lowest BCUT2D eigenvalue weighted by Gasteiger charge is -2.30. The quantitative estimate of drug-likeness (QED) is 0.135. The molecule has 12 nitrogen and oxygen atoms in total. The molecule has 3 aromatic carbocycles. The number of hydrogen-bond acceptors (Lipinski definition) is 7. The molecule has 61 heavy (non-hydrogen) atoms. The number of fused-ring (bicyclic) bond motifs is 3. The molecule has 5 atom stereocenters. The summed E-state index contributed by atoms with van der Waals surface area (Å²) in [6.07, 6.45) is 4.76. The maximum absolute atomic E-state index is 14.1. The first-order valence-corrected chi connectivity index (χ1v) is 20.1. The fourth-order valence-electron chi connectivity index (χ4n) is 8.86. The Morgan fingerprint density at radius 2 is 1.54 bits per heavy atom. The number of H-pyrrole nitrogens is 2. The molecular formula is C44H63N7O5S5. The highest BCUT2D eigenvalue weighted by molar-refractivity contribution is 7.60. The average Bonchev–Trinajstić information content (AvgIpc) is 4.06. The molecule has 3 N–H and O–H groups in total. The van der Waals surface area contributed by atoms with Crippen LogP contribution in [0.2, 0.25) is 0 Å². The molecular weight excluding hydrogens is 867 g/mol. The van der Waals surface area contributed by atoms with E-state index in [0.717, 1.165) is 88.1 Å². The molecule has 3 saturated heterocycles. The Bertz CT molecular complexity index is 2280. The predicted octanol–water partition coefficient (Wildman–Crippen LogP) is 8.35. The monoisotopic (exact) mass is 929 g/mol. The number of alkyl carbamates (subject to hydrolysis) is 1. The number of rotatable bonds is 9. The summed E-state index contributed by atoms with van der Waals surface area (Å²) in [6, 6.07) is 18.1. The molecule has 17 heteroatoms. The van der Waals surface area contributed by atoms with Crippen LogP contribution in [0.5, 0.6) is 0 Å². The largest absolute Gasteiger partial charge is 0.453 e. The zero-order valence-corrected chi connectivity index (χ0v) is 40.7. The van der Waals surface area contributed by atoms with Crippen molar-refractivity contribution in [1.82, 2.24) is 35.1 Å². The molecule has 2 aromatic heterocycles. The zero-order valence-electron chi connectivity index (χ0n) is 35.7. The second kappa shape index (κ2) is 21.3. The van der Waals surface area contributed by atoms with Crippen molar-refractivity contribution in [1.29, 1.82) is 0 Å². The molecule has 5 heterocycles. The lowest BCUT2D eigenvalue weighted by Crippen LogP contribution is -2.51. The normalized spacial score (nSPS) is 20.4. The van der Waals surface area contributed by atoms with E-state index in [1.165, 1.54) is 7.11 Å². The van der Waals surface area contributed by atoms with Gasteiger partial charge in [0.15, 0.2) is 0 Å². The van der Waals surface area contributed by atoms with Gasteiger partial charge in [0.25, 0.3) is 0 Å². The average molecular weight is 930 g/mol. The van der Waals surface area contributed by atoms with Gasteiger partial charge in [0.05, 0.1) is 48.7 Å². The van der Waals surface area contributed by atoms with Gasteiger partial charge < -0.3 is 34.6 Å². The van der Waals surface area contributed by atoms with Gasteiger partial charge in [-0.25, -0.2) is 14.8 Å². The van der Waals surface area contributed by atoms with Crippen LogP contribution in [-0.4, -0.2) is 87.1 Å². The summed E-state index contributed by atoms with van der Waals surface area (Å²) >= 11 is 0. The van der Waals surface area contributed by atoms with Gasteiger partial charge in [0.2, 0.25) is 11.8 Å². The lowest BCUT2D eigenvalue weighted by atomic mass is 9.85. The minimum atomic E-state index is -0.727. The number of ether oxygens (including phenoxy) is 2. The fourth-order valence-corrected chi connectivity index (χ4v) is 8.86. The molecule has 8 rings (SSSR count). The Morgan fingerprint density at radius 3 is 2.20 bits per heavy atom. The topological polar surface area (TPSA) is 146 Å². The number of nitrogens with zero attached hydrogens (tertiary/aromatic N) is 4. The van der Waals surface area contributed by atoms with Gasteiger partial charge in [-0.05, 0) is 71.7 Å². The standard InChI is InChI=1S/C44H53N7O5.5H2S/c1-25(2)27(5)41(52)50-18-7-8-35(50)39-45-22-34(47-39)29-11-9-28(10-12-29)30-13-15-32-31(20-30)14-16-33-38(32)48-40(46-33)36-21-44(17-19-56-24-44)23-51(36)42(53)37(26(3)4)49-43(54)55-6;;;;;/h9-16,20,22,25-27,35-37H,7-8,17-19,21,23-24H2,1-6H3,(H,45,47)(H,46,48)(H,49,54);5*1H2/t27-,35-,36-,37-,44+;;;;;/m0...../s1. The molecule has 0 bridgehead atoms. The first-order valence-electron chi connectivity index (χ1n) is 20.1. The van der Waals surface area contributed by atoms with Crippen LogP contribution in [0, 0.1) is 23.2 Å². The maximum Gasteiger partial charge on any atom is 0.407 e. The highest BCUT2D eigenvalue weighted by Crippen LogP contribution is 2.48. The number of likely N-dealkylation sites (tertiary alicyclic amines) is 2. The van der Waals surface area contributed by atoms with E-state index in [2.05, 4.69) is 83.7 Å². The summed E-state index contributed by atoms with van der Waals surface area (Å²) in [5.41, 5.74) is 5.78. The van der Waals surface area contributed by atoms with Gasteiger partial charge in [-0.2, -0.15) is 67.5 Å². The molecule has 5 aromatic rings. The molecule has 3 fully saturated rings. The van der Waals surface area contributed by atoms with E-state index in [1.807, 2.05) is 36.8 Å². The Balaban J connectivity index is 0.00000198. The van der Waals surface area contributed by atoms with Crippen molar-refractivity contribution in [2.75, 3.05) is 33.4 Å². The van der Waals surface area contributed by atoms with Crippen molar-refractivity contribution in [3.8, 4) is 22.4 Å². The molecule has 1 spiro atoms. The molecule has 3 aliphatic rings. The number of nitrogens with one attached hydrogen (secondary N) is 3. The summed E-state index contributed by atoms with van der Waals surface area (Å²) in [5, 5.41) is 4.86. The molecule has 3 aliphatic heterocycles. The van der Waals surface area contributed by atoms with Crippen LogP contribution in [0.3, 0.4) is 0 Å². The van der Waals surface area contributed by atoms with E-state index in [1.54, 1.807) is 0 Å². The van der Waals surface area contributed by atoms with E-state index >= 15 is 0 Å². The van der Waals surface area contributed by atoms with Crippen LogP contribution in [0.15, 0.2) is 60.8 Å². The second-order valence-corrected chi connectivity index (χ2v) is 16.8. The van der Waals surface area contributed by atoms with Crippen LogP contribution in [-0.2, 0) is 19.1 Å². The van der Waals surface area contributed by atoms with Crippen molar-refractivity contribution in [3.63, 3.8) is 0 Å². The summed E-state index contributed by atoms with van der Waals surface area (Å²) in [7, 11) is 1.31. The number of imidazole rings is 2. The molecule has 0 radical (unpaired) electrons. The predicted molar refractivity (Wildman–Crippen MR) is 267 cm³/mol. The number of benzene rings is 3. The highest BCUT2D eigenvalue weighted by atomic mass is 32.1. The van der Waals surface area contributed by atoms with Crippen LogP contribution in [0.25, 0.3) is 44.2 Å². The zero-order chi connectivity index (χ0) is 39.3. The van der Waals surface area contributed by atoms with Gasteiger partial charge in [-0.3, -0.25) is 9.59 Å². The van der Waals surface area contributed by atoms with Gasteiger partial charge in [0.1, 0.15) is 17.7 Å². The Morgan fingerprint density at radius 1 is 0.836 bits per heavy atom. The van der Waals surface area contributed by atoms with Crippen LogP contribution in [0.1, 0.15) is 84.0 Å². The second-order valence-electron chi connectivity index (χ2n) is 16.8. The number of aromatic amines is 2. The molecule has 3 amide bonds. The Kier molecular flexibility index (Phi) is 18.1. The summed E-state index contributed by atoms with van der Waals surface area (Å²) < 4.78 is 10.7. The number of amides is 3. The van der Waals surface area contributed by atoms with Gasteiger partial charge in [-0.15, -0.1) is 0 Å². The third-order valence-electron chi connectivity index (χ3n) is 12.5. The third kappa shape index (κ3) is 10.2. The summed E-state index contributed by atoms with van der Waals surface area (Å²) in [4.78, 5) is 60.5. The first kappa shape index (κ1) is 51.9. The Hall–Kier alpha value is -3.48. The number of carbonyl (C=O) groups excluding carboxylic acids is 3. The van der Waals surface area contributed by atoms with Crippen LogP contribution >= 0.6 is 67.5 Å². The lowest BCUT2D eigenvalue weighted by molar-refractivity contribution is -0.137. The van der Waals surface area contributed by atoms with Crippen LogP contribution < -0.4 is 5.32 Å². The highest BCUT2D eigenvalue weighted by Gasteiger charge is 2.51. The van der Waals surface area contributed by atoms with E-state index in [9.17, 15) is 14.4 Å². The van der Waals surface area contributed by atoms with Gasteiger partial charge in [-0.1, -0.05) is 77.1 Å². The van der Waals surface area contributed by atoms with Gasteiger partial charge >= 0.3 is 6.09 Å². The van der Waals surface area contributed by atoms with Crippen molar-refractivity contribution < 1.29 is 23.9 Å². The van der Waals surface area contributed by atoms with Crippen molar-refractivity contribution >= 4 is 107 Å². The maximum atomic E-state index is 14.1. The molecule has 0 unspecified atom stereocenters. The number of hydrogen-bond donors (Lipinski definition) is 3. The van der Waals surface area contributed by atoms with E-state index in [4.69, 9.17) is 19.4 Å². The first-order chi connectivity index (χ1) is 26.9. The van der Waals surface area contributed by atoms with E-state index in [0.29, 0.717) is 25.7 Å². The number of carbonyl (C=O) groups is 3. The van der Waals surface area contributed by atoms with Crippen molar-refractivity contribution in [2.45, 2.75) is 78.4 Å². The minimum absolute atomic E-state index is 0. The molecule has 0 saturated carbocycles. The molecule has 334 valence electrons. The fraction of sp³-hybridized carbons (Fsp3) is 0.477. The van der Waals surface area contributed by atoms with Crippen LogP contribution in [0.4, 0.5) is 4.79 Å². The number of methoxy groups -OCH3 is 1. The third-order valence-corrected chi connectivity index (χ3v) is 12.5. The smallest absolute Gasteiger partial charge is 0.407 e.